The number of unbranched alkanes of at least 4 members (excludes halogenated alkanes) is 4. The number of esters is 1. The van der Waals surface area contributed by atoms with E-state index in [1.165, 1.54) is 57.8 Å². The first kappa shape index (κ1) is 31.8. The van der Waals surface area contributed by atoms with Crippen molar-refractivity contribution >= 4 is 12.3 Å². The van der Waals surface area contributed by atoms with Gasteiger partial charge >= 0.3 is 5.97 Å². The van der Waals surface area contributed by atoms with Crippen molar-refractivity contribution in [3.8, 4) is 0 Å². The molecule has 0 aliphatic heterocycles. The van der Waals surface area contributed by atoms with Gasteiger partial charge in [-0.15, -0.1) is 0 Å². The third kappa shape index (κ3) is 6.75. The van der Waals surface area contributed by atoms with E-state index >= 15 is 0 Å². The zero-order valence-corrected chi connectivity index (χ0v) is 27.0. The highest BCUT2D eigenvalue weighted by molar-refractivity contribution is 5.69. The molecule has 4 aliphatic rings. The Balaban J connectivity index is 1.32. The van der Waals surface area contributed by atoms with Gasteiger partial charge in [0.2, 0.25) is 0 Å². The molecule has 0 bridgehead atoms. The van der Waals surface area contributed by atoms with Gasteiger partial charge in [-0.2, -0.15) is 0 Å². The highest BCUT2D eigenvalue weighted by Crippen LogP contribution is 2.67. The Labute approximate surface area is 247 Å². The molecule has 4 aliphatic carbocycles. The van der Waals surface area contributed by atoms with Gasteiger partial charge in [0.1, 0.15) is 12.4 Å². The van der Waals surface area contributed by atoms with E-state index in [9.17, 15) is 9.59 Å². The molecule has 0 heterocycles. The Morgan fingerprint density at radius 2 is 1.77 bits per heavy atom. The molecule has 3 fully saturated rings. The summed E-state index contributed by atoms with van der Waals surface area (Å²) in [4.78, 5) is 23.0. The maximum absolute atomic E-state index is 12.6. The summed E-state index contributed by atoms with van der Waals surface area (Å²) in [5, 5.41) is 0. The number of ether oxygens (including phenoxy) is 1. The maximum atomic E-state index is 12.6. The number of carbonyl (C=O) groups is 2. The summed E-state index contributed by atoms with van der Waals surface area (Å²) in [6.45, 7) is 15.1. The third-order valence-electron chi connectivity index (χ3n) is 13.0. The lowest BCUT2D eigenvalue weighted by molar-refractivity contribution is -0.151. The van der Waals surface area contributed by atoms with E-state index in [0.29, 0.717) is 23.7 Å². The first-order valence-corrected chi connectivity index (χ1v) is 17.5. The van der Waals surface area contributed by atoms with Crippen LogP contribution in [0.2, 0.25) is 0 Å². The van der Waals surface area contributed by atoms with Gasteiger partial charge < -0.3 is 9.53 Å². The van der Waals surface area contributed by atoms with E-state index in [1.807, 2.05) is 0 Å². The van der Waals surface area contributed by atoms with Gasteiger partial charge in [-0.3, -0.25) is 4.79 Å². The van der Waals surface area contributed by atoms with Crippen LogP contribution in [-0.2, 0) is 14.3 Å². The minimum Gasteiger partial charge on any atom is -0.462 e. The van der Waals surface area contributed by atoms with E-state index in [-0.39, 0.29) is 12.1 Å². The normalized spacial score (nSPS) is 36.7. The van der Waals surface area contributed by atoms with E-state index in [2.05, 4.69) is 47.6 Å². The van der Waals surface area contributed by atoms with Crippen LogP contribution in [0.1, 0.15) is 151 Å². The molecule has 3 heteroatoms. The molecule has 0 saturated heterocycles. The number of rotatable bonds is 14. The van der Waals surface area contributed by atoms with Crippen molar-refractivity contribution in [2.45, 2.75) is 157 Å². The van der Waals surface area contributed by atoms with E-state index in [0.717, 1.165) is 86.2 Å². The maximum Gasteiger partial charge on any atom is 0.306 e. The monoisotopic (exact) mass is 554 g/mol. The van der Waals surface area contributed by atoms with Gasteiger partial charge in [0.15, 0.2) is 0 Å². The quantitative estimate of drug-likeness (QED) is 0.0928. The summed E-state index contributed by atoms with van der Waals surface area (Å²) in [5.41, 5.74) is 2.44. The molecule has 0 amide bonds. The SMILES string of the molecule is CC[C@H](CC[C@@H](C)[C@H]1CC[C@H]2[C@@H]3CC=C4CC(OC(=O)CCCCCCC=O)CC[C@]4(C)[C@H]3CC[C@]12C)C(C)C. The van der Waals surface area contributed by atoms with E-state index in [1.54, 1.807) is 5.57 Å². The standard InChI is InChI=1S/C37H62O3/c1-7-28(26(2)3)15-14-27(4)32-18-19-33-31-17-16-29-25-30(40-35(39)13-11-9-8-10-12-24-38)20-22-36(29,5)34(31)21-23-37(32,33)6/h16,24,26-28,30-34H,7-15,17-23,25H2,1-6H3/t27-,28-,30?,31+,32-,33+,34+,36+,37-/m1/s1. The predicted molar refractivity (Wildman–Crippen MR) is 166 cm³/mol. The molecule has 3 nitrogen and oxygen atoms in total. The topological polar surface area (TPSA) is 43.4 Å². The second-order valence-corrected chi connectivity index (χ2v) is 15.4. The molecule has 0 spiro atoms. The lowest BCUT2D eigenvalue weighted by Gasteiger charge is -2.58. The molecule has 0 radical (unpaired) electrons. The van der Waals surface area contributed by atoms with Crippen LogP contribution in [0.5, 0.6) is 0 Å². The van der Waals surface area contributed by atoms with Gasteiger partial charge in [-0.1, -0.05) is 78.9 Å². The summed E-state index contributed by atoms with van der Waals surface area (Å²) >= 11 is 0. The van der Waals surface area contributed by atoms with Gasteiger partial charge in [-0.05, 0) is 116 Å². The number of allylic oxidation sites excluding steroid dienone is 1. The Morgan fingerprint density at radius 1 is 1.00 bits per heavy atom. The molecule has 40 heavy (non-hydrogen) atoms. The Kier molecular flexibility index (Phi) is 11.1. The Hall–Kier alpha value is -1.12. The van der Waals surface area contributed by atoms with Crippen LogP contribution in [-0.4, -0.2) is 18.4 Å². The smallest absolute Gasteiger partial charge is 0.306 e. The van der Waals surface area contributed by atoms with E-state index < -0.39 is 0 Å². The van der Waals surface area contributed by atoms with Crippen molar-refractivity contribution in [1.29, 1.82) is 0 Å². The number of hydrogen-bond donors (Lipinski definition) is 0. The zero-order valence-electron chi connectivity index (χ0n) is 27.0. The molecule has 3 saturated carbocycles. The average molecular weight is 555 g/mol. The number of aldehydes is 1. The van der Waals surface area contributed by atoms with Gasteiger partial charge in [0.05, 0.1) is 0 Å². The summed E-state index contributed by atoms with van der Waals surface area (Å²) in [6.07, 6.45) is 23.0. The molecule has 0 aromatic rings. The molecule has 228 valence electrons. The highest BCUT2D eigenvalue weighted by atomic mass is 16.5. The van der Waals surface area contributed by atoms with Gasteiger partial charge in [-0.25, -0.2) is 0 Å². The van der Waals surface area contributed by atoms with Crippen LogP contribution in [0.4, 0.5) is 0 Å². The zero-order chi connectivity index (χ0) is 28.9. The van der Waals surface area contributed by atoms with Crippen molar-refractivity contribution in [2.24, 2.45) is 52.3 Å². The molecule has 1 unspecified atom stereocenters. The van der Waals surface area contributed by atoms with Crippen molar-refractivity contribution in [3.63, 3.8) is 0 Å². The predicted octanol–water partition coefficient (Wildman–Crippen LogP) is 10.1. The van der Waals surface area contributed by atoms with Crippen molar-refractivity contribution < 1.29 is 14.3 Å². The Bertz CT molecular complexity index is 875. The number of hydrogen-bond acceptors (Lipinski definition) is 3. The van der Waals surface area contributed by atoms with Crippen LogP contribution in [0, 0.1) is 52.3 Å². The van der Waals surface area contributed by atoms with Crippen LogP contribution in [0.15, 0.2) is 11.6 Å². The lowest BCUT2D eigenvalue weighted by atomic mass is 9.47. The van der Waals surface area contributed by atoms with Gasteiger partial charge in [0.25, 0.3) is 0 Å². The summed E-state index contributed by atoms with van der Waals surface area (Å²) in [7, 11) is 0. The largest absolute Gasteiger partial charge is 0.462 e. The van der Waals surface area contributed by atoms with Gasteiger partial charge in [0, 0.05) is 19.3 Å². The first-order valence-electron chi connectivity index (χ1n) is 17.5. The molecule has 9 atom stereocenters. The molecule has 0 aromatic carbocycles. The second-order valence-electron chi connectivity index (χ2n) is 15.4. The second kappa shape index (κ2) is 13.9. The average Bonchev–Trinajstić information content (AvgIpc) is 3.28. The number of fused-ring (bicyclic) bond motifs is 5. The Morgan fingerprint density at radius 3 is 2.50 bits per heavy atom. The molecular weight excluding hydrogens is 492 g/mol. The number of carbonyl (C=O) groups excluding carboxylic acids is 2. The van der Waals surface area contributed by atoms with E-state index in [4.69, 9.17) is 4.74 Å². The van der Waals surface area contributed by atoms with Crippen LogP contribution < -0.4 is 0 Å². The van der Waals surface area contributed by atoms with Crippen molar-refractivity contribution in [1.82, 2.24) is 0 Å². The van der Waals surface area contributed by atoms with Crippen LogP contribution >= 0.6 is 0 Å². The molecule has 4 rings (SSSR count). The minimum absolute atomic E-state index is 0.0171. The summed E-state index contributed by atoms with van der Waals surface area (Å²) in [6, 6.07) is 0. The fraction of sp³-hybridized carbons (Fsp3) is 0.892. The fourth-order valence-corrected chi connectivity index (χ4v) is 10.5. The summed E-state index contributed by atoms with van der Waals surface area (Å²) in [5.74, 6) is 5.99. The molecule has 0 N–H and O–H groups in total. The fourth-order valence-electron chi connectivity index (χ4n) is 10.5. The first-order chi connectivity index (χ1) is 19.1. The molecular formula is C37H62O3. The van der Waals surface area contributed by atoms with Crippen LogP contribution in [0.25, 0.3) is 0 Å². The molecule has 0 aromatic heterocycles. The summed E-state index contributed by atoms with van der Waals surface area (Å²) < 4.78 is 6.00. The van der Waals surface area contributed by atoms with Crippen LogP contribution in [0.3, 0.4) is 0 Å². The van der Waals surface area contributed by atoms with Crippen molar-refractivity contribution in [2.75, 3.05) is 0 Å². The minimum atomic E-state index is -0.0171. The third-order valence-corrected chi connectivity index (χ3v) is 13.0. The lowest BCUT2D eigenvalue weighted by Crippen LogP contribution is -2.51. The highest BCUT2D eigenvalue weighted by Gasteiger charge is 2.59. The van der Waals surface area contributed by atoms with Crippen molar-refractivity contribution in [3.05, 3.63) is 11.6 Å².